The van der Waals surface area contributed by atoms with E-state index in [1.807, 2.05) is 35.0 Å². The van der Waals surface area contributed by atoms with Crippen LogP contribution in [-0.2, 0) is 13.1 Å². The molecule has 3 heterocycles. The minimum absolute atomic E-state index is 0.135. The number of nitrogens with one attached hydrogen (secondary N) is 1. The first-order valence-electron chi connectivity index (χ1n) is 6.02. The monoisotopic (exact) mass is 304 g/mol. The molecule has 3 rings (SSSR count). The molecule has 0 saturated carbocycles. The first kappa shape index (κ1) is 13.0. The number of carbonyl (C=O) groups excluding carboxylic acids is 1. The average Bonchev–Trinajstić information content (AvgIpc) is 3.20. The highest BCUT2D eigenvalue weighted by Crippen LogP contribution is 2.18. The van der Waals surface area contributed by atoms with Crippen LogP contribution in [0.2, 0.25) is 0 Å². The topological polar surface area (TPSA) is 61.9 Å². The van der Waals surface area contributed by atoms with Crippen molar-refractivity contribution in [1.82, 2.24) is 20.1 Å². The average molecular weight is 304 g/mol. The van der Waals surface area contributed by atoms with Crippen LogP contribution < -0.4 is 0 Å². The lowest BCUT2D eigenvalue weighted by atomic mass is 10.3. The quantitative estimate of drug-likeness (QED) is 0.788. The van der Waals surface area contributed by atoms with Crippen molar-refractivity contribution in [2.45, 2.75) is 13.1 Å². The van der Waals surface area contributed by atoms with Gasteiger partial charge < -0.3 is 4.90 Å². The molecule has 0 aliphatic carbocycles. The summed E-state index contributed by atoms with van der Waals surface area (Å²) in [6, 6.07) is 8.03. The molecule has 7 heteroatoms. The summed E-state index contributed by atoms with van der Waals surface area (Å²) in [5, 5.41) is 10.4. The van der Waals surface area contributed by atoms with Gasteiger partial charge in [-0.05, 0) is 22.9 Å². The first-order chi connectivity index (χ1) is 9.83. The van der Waals surface area contributed by atoms with Crippen molar-refractivity contribution in [3.05, 3.63) is 56.9 Å². The lowest BCUT2D eigenvalue weighted by molar-refractivity contribution is 0.0721. The van der Waals surface area contributed by atoms with Crippen molar-refractivity contribution in [2.75, 3.05) is 0 Å². The summed E-state index contributed by atoms with van der Waals surface area (Å²) >= 11 is 3.28. The highest BCUT2D eigenvalue weighted by Gasteiger charge is 2.19. The smallest absolute Gasteiger partial charge is 0.291 e. The Hall–Kier alpha value is -1.99. The summed E-state index contributed by atoms with van der Waals surface area (Å²) < 4.78 is 0. The number of nitrogens with zero attached hydrogens (tertiary/aromatic N) is 3. The van der Waals surface area contributed by atoms with Gasteiger partial charge in [0.1, 0.15) is 6.33 Å². The van der Waals surface area contributed by atoms with Crippen LogP contribution in [-0.4, -0.2) is 26.0 Å². The molecule has 0 fully saturated rings. The van der Waals surface area contributed by atoms with E-state index in [-0.39, 0.29) is 11.7 Å². The van der Waals surface area contributed by atoms with Crippen molar-refractivity contribution < 1.29 is 4.79 Å². The van der Waals surface area contributed by atoms with Gasteiger partial charge in [-0.25, -0.2) is 4.98 Å². The van der Waals surface area contributed by atoms with Gasteiger partial charge in [0.05, 0.1) is 13.1 Å². The zero-order valence-electron chi connectivity index (χ0n) is 10.5. The predicted octanol–water partition coefficient (Wildman–Crippen LogP) is 2.77. The lowest BCUT2D eigenvalue weighted by Crippen LogP contribution is -2.30. The molecule has 0 aliphatic heterocycles. The molecule has 5 nitrogen and oxygen atoms in total. The predicted molar refractivity (Wildman–Crippen MR) is 78.6 cm³/mol. The van der Waals surface area contributed by atoms with Gasteiger partial charge in [-0.3, -0.25) is 9.89 Å². The van der Waals surface area contributed by atoms with E-state index in [4.69, 9.17) is 0 Å². The van der Waals surface area contributed by atoms with Crippen LogP contribution in [0.4, 0.5) is 0 Å². The maximum atomic E-state index is 12.5. The Bertz CT molecular complexity index is 610. The minimum atomic E-state index is -0.135. The Morgan fingerprint density at radius 1 is 1.15 bits per heavy atom. The Labute approximate surface area is 123 Å². The van der Waals surface area contributed by atoms with E-state index < -0.39 is 0 Å². The fourth-order valence-corrected chi connectivity index (χ4v) is 3.28. The fraction of sp³-hybridized carbons (Fsp3) is 0.154. The van der Waals surface area contributed by atoms with Gasteiger partial charge >= 0.3 is 0 Å². The third-order valence-corrected chi connectivity index (χ3v) is 4.48. The molecule has 0 unspecified atom stereocenters. The summed E-state index contributed by atoms with van der Waals surface area (Å²) in [5.41, 5.74) is 0. The van der Waals surface area contributed by atoms with E-state index in [1.54, 1.807) is 27.6 Å². The second-order valence-electron chi connectivity index (χ2n) is 4.15. The van der Waals surface area contributed by atoms with Gasteiger partial charge in [0.25, 0.3) is 5.91 Å². The molecule has 1 amide bonds. The number of amides is 1. The Morgan fingerprint density at radius 2 is 1.80 bits per heavy atom. The normalized spacial score (nSPS) is 10.6. The molecule has 20 heavy (non-hydrogen) atoms. The molecular formula is C13H12N4OS2. The fourth-order valence-electron chi connectivity index (χ4n) is 1.84. The molecule has 0 spiro atoms. The largest absolute Gasteiger partial charge is 0.326 e. The molecule has 0 aromatic carbocycles. The summed E-state index contributed by atoms with van der Waals surface area (Å²) in [5.74, 6) is 0.141. The maximum absolute atomic E-state index is 12.5. The summed E-state index contributed by atoms with van der Waals surface area (Å²) in [6.45, 7) is 1.16. The van der Waals surface area contributed by atoms with E-state index in [2.05, 4.69) is 15.2 Å². The molecule has 0 saturated heterocycles. The Kier molecular flexibility index (Phi) is 3.89. The van der Waals surface area contributed by atoms with Gasteiger partial charge in [0.15, 0.2) is 0 Å². The van der Waals surface area contributed by atoms with E-state index >= 15 is 0 Å². The third-order valence-electron chi connectivity index (χ3n) is 2.76. The maximum Gasteiger partial charge on any atom is 0.291 e. The third kappa shape index (κ3) is 2.94. The number of hydrogen-bond acceptors (Lipinski definition) is 5. The Balaban J connectivity index is 1.81. The zero-order chi connectivity index (χ0) is 13.8. The summed E-state index contributed by atoms with van der Waals surface area (Å²) in [7, 11) is 0. The highest BCUT2D eigenvalue weighted by molar-refractivity contribution is 7.10. The van der Waals surface area contributed by atoms with Crippen LogP contribution in [0.1, 0.15) is 20.4 Å². The summed E-state index contributed by atoms with van der Waals surface area (Å²) in [4.78, 5) is 20.5. The van der Waals surface area contributed by atoms with E-state index in [9.17, 15) is 4.79 Å². The van der Waals surface area contributed by atoms with E-state index in [1.165, 1.54) is 6.33 Å². The highest BCUT2D eigenvalue weighted by atomic mass is 32.1. The molecule has 102 valence electrons. The van der Waals surface area contributed by atoms with Crippen LogP contribution in [0.3, 0.4) is 0 Å². The number of rotatable bonds is 5. The number of thiophene rings is 2. The number of hydrogen-bond donors (Lipinski definition) is 1. The van der Waals surface area contributed by atoms with Crippen molar-refractivity contribution in [2.24, 2.45) is 0 Å². The van der Waals surface area contributed by atoms with Gasteiger partial charge in [-0.2, -0.15) is 5.10 Å². The van der Waals surface area contributed by atoms with Crippen LogP contribution in [0.25, 0.3) is 0 Å². The number of aromatic nitrogens is 3. The second-order valence-corrected chi connectivity index (χ2v) is 6.22. The van der Waals surface area contributed by atoms with Gasteiger partial charge in [0, 0.05) is 9.75 Å². The van der Waals surface area contributed by atoms with Crippen LogP contribution >= 0.6 is 22.7 Å². The van der Waals surface area contributed by atoms with E-state index in [0.717, 1.165) is 9.75 Å². The van der Waals surface area contributed by atoms with Crippen molar-refractivity contribution in [3.8, 4) is 0 Å². The molecule has 0 atom stereocenters. The molecule has 0 radical (unpaired) electrons. The van der Waals surface area contributed by atoms with Crippen LogP contribution in [0, 0.1) is 0 Å². The SMILES string of the molecule is O=C(c1ncn[nH]1)N(Cc1cccs1)Cc1cccs1. The van der Waals surface area contributed by atoms with Crippen molar-refractivity contribution >= 4 is 28.6 Å². The van der Waals surface area contributed by atoms with Gasteiger partial charge in [-0.15, -0.1) is 22.7 Å². The second kappa shape index (κ2) is 5.98. The van der Waals surface area contributed by atoms with E-state index in [0.29, 0.717) is 13.1 Å². The lowest BCUT2D eigenvalue weighted by Gasteiger charge is -2.20. The molecule has 0 bridgehead atoms. The summed E-state index contributed by atoms with van der Waals surface area (Å²) in [6.07, 6.45) is 1.35. The Morgan fingerprint density at radius 3 is 2.25 bits per heavy atom. The molecule has 0 aliphatic rings. The number of H-pyrrole nitrogens is 1. The molecule has 1 N–H and O–H groups in total. The molecule has 3 aromatic rings. The van der Waals surface area contributed by atoms with Crippen LogP contribution in [0.15, 0.2) is 41.4 Å². The molecule has 3 aromatic heterocycles. The molecular weight excluding hydrogens is 292 g/mol. The van der Waals surface area contributed by atoms with Gasteiger partial charge in [0.2, 0.25) is 5.82 Å². The van der Waals surface area contributed by atoms with Gasteiger partial charge in [-0.1, -0.05) is 12.1 Å². The number of carbonyl (C=O) groups is 1. The minimum Gasteiger partial charge on any atom is -0.326 e. The first-order valence-corrected chi connectivity index (χ1v) is 7.78. The zero-order valence-corrected chi connectivity index (χ0v) is 12.2. The van der Waals surface area contributed by atoms with Crippen LogP contribution in [0.5, 0.6) is 0 Å². The van der Waals surface area contributed by atoms with Crippen molar-refractivity contribution in [3.63, 3.8) is 0 Å². The standard InChI is InChI=1S/C13H12N4OS2/c18-13(12-14-9-15-16-12)17(7-10-3-1-5-19-10)8-11-4-2-6-20-11/h1-6,9H,7-8H2,(H,14,15,16). The number of aromatic amines is 1. The van der Waals surface area contributed by atoms with Crippen molar-refractivity contribution in [1.29, 1.82) is 0 Å².